The molecule has 0 radical (unpaired) electrons. The number of hydrogen-bond donors (Lipinski definition) is 0. The molecule has 1 amide bonds. The Bertz CT molecular complexity index is 367. The largest absolute Gasteiger partial charge is 0.333 e. The van der Waals surface area contributed by atoms with Crippen LogP contribution in [0.3, 0.4) is 0 Å². The smallest absolute Gasteiger partial charge is 0.226 e. The van der Waals surface area contributed by atoms with Crippen LogP contribution >= 0.6 is 0 Å². The average Bonchev–Trinajstić information content (AvgIpc) is 2.95. The Morgan fingerprint density at radius 1 is 1.43 bits per heavy atom. The summed E-state index contributed by atoms with van der Waals surface area (Å²) in [7, 11) is 0. The summed E-state index contributed by atoms with van der Waals surface area (Å²) in [4.78, 5) is 18.0. The number of fused-ring (bicyclic) bond motifs is 1. The fourth-order valence-electron chi connectivity index (χ4n) is 1.95. The molecule has 74 valence electrons. The summed E-state index contributed by atoms with van der Waals surface area (Å²) in [5, 5.41) is 0. The Labute approximate surface area is 82.5 Å². The van der Waals surface area contributed by atoms with Crippen LogP contribution in [0.5, 0.6) is 0 Å². The van der Waals surface area contributed by atoms with Gasteiger partial charge in [-0.3, -0.25) is 4.79 Å². The lowest BCUT2D eigenvalue weighted by Crippen LogP contribution is -2.39. The molecule has 0 bridgehead atoms. The van der Waals surface area contributed by atoms with E-state index in [0.29, 0.717) is 18.4 Å². The van der Waals surface area contributed by atoms with E-state index in [1.807, 2.05) is 11.1 Å². The van der Waals surface area contributed by atoms with Gasteiger partial charge < -0.3 is 9.47 Å². The molecule has 0 unspecified atom stereocenters. The van der Waals surface area contributed by atoms with Crippen LogP contribution in [0.2, 0.25) is 0 Å². The van der Waals surface area contributed by atoms with Crippen LogP contribution in [0.25, 0.3) is 0 Å². The molecule has 1 fully saturated rings. The molecule has 2 aliphatic rings. The second kappa shape index (κ2) is 2.83. The van der Waals surface area contributed by atoms with E-state index in [2.05, 4.69) is 9.55 Å². The number of rotatable bonds is 1. The highest BCUT2D eigenvalue weighted by Crippen LogP contribution is 2.31. The van der Waals surface area contributed by atoms with E-state index in [1.54, 1.807) is 6.20 Å². The summed E-state index contributed by atoms with van der Waals surface area (Å²) in [6.07, 6.45) is 5.96. The summed E-state index contributed by atoms with van der Waals surface area (Å²) in [5.74, 6) is 1.68. The molecule has 0 atom stereocenters. The van der Waals surface area contributed by atoms with E-state index in [1.165, 1.54) is 0 Å². The van der Waals surface area contributed by atoms with E-state index in [0.717, 1.165) is 31.8 Å². The van der Waals surface area contributed by atoms with Crippen molar-refractivity contribution in [2.24, 2.45) is 5.92 Å². The van der Waals surface area contributed by atoms with Gasteiger partial charge in [0.05, 0.1) is 6.54 Å². The highest BCUT2D eigenvalue weighted by atomic mass is 16.2. The van der Waals surface area contributed by atoms with Gasteiger partial charge in [-0.25, -0.2) is 4.98 Å². The molecule has 14 heavy (non-hydrogen) atoms. The monoisotopic (exact) mass is 191 g/mol. The standard InChI is InChI=1S/C10H13N3O/c14-10(8-1-2-8)13-6-5-12-4-3-11-9(12)7-13/h3-4,8H,1-2,5-7H2. The van der Waals surface area contributed by atoms with Gasteiger partial charge in [0.15, 0.2) is 0 Å². The molecule has 1 aromatic rings. The first kappa shape index (κ1) is 8.03. The van der Waals surface area contributed by atoms with Gasteiger partial charge in [0.25, 0.3) is 0 Å². The second-order valence-corrected chi connectivity index (χ2v) is 4.07. The van der Waals surface area contributed by atoms with Crippen LogP contribution in [-0.4, -0.2) is 26.9 Å². The van der Waals surface area contributed by atoms with Gasteiger partial charge in [0, 0.05) is 31.4 Å². The van der Waals surface area contributed by atoms with E-state index in [9.17, 15) is 4.79 Å². The number of hydrogen-bond acceptors (Lipinski definition) is 2. The lowest BCUT2D eigenvalue weighted by molar-refractivity contribution is -0.134. The Morgan fingerprint density at radius 2 is 2.29 bits per heavy atom. The Balaban J connectivity index is 1.77. The van der Waals surface area contributed by atoms with Gasteiger partial charge in [-0.2, -0.15) is 0 Å². The maximum atomic E-state index is 11.8. The molecule has 0 saturated heterocycles. The van der Waals surface area contributed by atoms with E-state index >= 15 is 0 Å². The summed E-state index contributed by atoms with van der Waals surface area (Å²) in [6.45, 7) is 2.44. The summed E-state index contributed by atoms with van der Waals surface area (Å²) in [5.41, 5.74) is 0. The van der Waals surface area contributed by atoms with E-state index in [4.69, 9.17) is 0 Å². The maximum Gasteiger partial charge on any atom is 0.226 e. The minimum atomic E-state index is 0.330. The molecule has 4 heteroatoms. The van der Waals surface area contributed by atoms with Crippen molar-refractivity contribution in [2.45, 2.75) is 25.9 Å². The van der Waals surface area contributed by atoms with Gasteiger partial charge in [0.2, 0.25) is 5.91 Å². The van der Waals surface area contributed by atoms with Crippen LogP contribution < -0.4 is 0 Å². The normalized spacial score (nSPS) is 20.7. The van der Waals surface area contributed by atoms with Gasteiger partial charge in [-0.05, 0) is 12.8 Å². The van der Waals surface area contributed by atoms with Crippen LogP contribution in [0.4, 0.5) is 0 Å². The van der Waals surface area contributed by atoms with Crippen LogP contribution in [-0.2, 0) is 17.9 Å². The molecule has 1 aliphatic heterocycles. The Hall–Kier alpha value is -1.32. The predicted molar refractivity (Wildman–Crippen MR) is 50.4 cm³/mol. The molecular formula is C10H13N3O. The van der Waals surface area contributed by atoms with Crippen molar-refractivity contribution in [1.29, 1.82) is 0 Å². The van der Waals surface area contributed by atoms with Crippen LogP contribution in [0.15, 0.2) is 12.4 Å². The quantitative estimate of drug-likeness (QED) is 0.653. The molecular weight excluding hydrogens is 178 g/mol. The van der Waals surface area contributed by atoms with E-state index < -0.39 is 0 Å². The second-order valence-electron chi connectivity index (χ2n) is 4.07. The summed E-state index contributed by atoms with van der Waals surface area (Å²) < 4.78 is 2.12. The number of carbonyl (C=O) groups excluding carboxylic acids is 1. The van der Waals surface area contributed by atoms with Crippen molar-refractivity contribution >= 4 is 5.91 Å². The first-order valence-corrected chi connectivity index (χ1v) is 5.13. The van der Waals surface area contributed by atoms with Gasteiger partial charge in [0.1, 0.15) is 5.82 Å². The molecule has 0 spiro atoms. The zero-order valence-electron chi connectivity index (χ0n) is 8.02. The first-order valence-electron chi connectivity index (χ1n) is 5.13. The zero-order chi connectivity index (χ0) is 9.54. The Morgan fingerprint density at radius 3 is 3.07 bits per heavy atom. The van der Waals surface area contributed by atoms with Crippen LogP contribution in [0.1, 0.15) is 18.7 Å². The molecule has 0 N–H and O–H groups in total. The minimum Gasteiger partial charge on any atom is -0.333 e. The maximum absolute atomic E-state index is 11.8. The number of carbonyl (C=O) groups is 1. The topological polar surface area (TPSA) is 38.1 Å². The Kier molecular flexibility index (Phi) is 1.63. The highest BCUT2D eigenvalue weighted by molar-refractivity contribution is 5.81. The third-order valence-electron chi connectivity index (χ3n) is 2.98. The van der Waals surface area contributed by atoms with Crippen molar-refractivity contribution in [3.63, 3.8) is 0 Å². The third-order valence-corrected chi connectivity index (χ3v) is 2.98. The van der Waals surface area contributed by atoms with Crippen molar-refractivity contribution in [3.8, 4) is 0 Å². The number of amides is 1. The summed E-state index contributed by atoms with van der Waals surface area (Å²) in [6, 6.07) is 0. The van der Waals surface area contributed by atoms with Crippen molar-refractivity contribution in [3.05, 3.63) is 18.2 Å². The van der Waals surface area contributed by atoms with Gasteiger partial charge in [-0.15, -0.1) is 0 Å². The van der Waals surface area contributed by atoms with Crippen molar-refractivity contribution < 1.29 is 4.79 Å². The van der Waals surface area contributed by atoms with E-state index in [-0.39, 0.29) is 0 Å². The van der Waals surface area contributed by atoms with Crippen molar-refractivity contribution in [2.75, 3.05) is 6.54 Å². The van der Waals surface area contributed by atoms with Gasteiger partial charge in [-0.1, -0.05) is 0 Å². The lowest BCUT2D eigenvalue weighted by atomic mass is 10.3. The molecule has 2 heterocycles. The summed E-state index contributed by atoms with van der Waals surface area (Å²) >= 11 is 0. The predicted octanol–water partition coefficient (Wildman–Crippen LogP) is 0.635. The highest BCUT2D eigenvalue weighted by Gasteiger charge is 2.34. The molecule has 1 aromatic heterocycles. The SMILES string of the molecule is O=C(C1CC1)N1CCn2ccnc2C1. The number of imidazole rings is 1. The molecule has 3 rings (SSSR count). The molecule has 1 aliphatic carbocycles. The van der Waals surface area contributed by atoms with Crippen LogP contribution in [0, 0.1) is 5.92 Å². The number of nitrogens with zero attached hydrogens (tertiary/aromatic N) is 3. The third kappa shape index (κ3) is 1.22. The minimum absolute atomic E-state index is 0.330. The fourth-order valence-corrected chi connectivity index (χ4v) is 1.95. The zero-order valence-corrected chi connectivity index (χ0v) is 8.02. The fraction of sp³-hybridized carbons (Fsp3) is 0.600. The first-order chi connectivity index (χ1) is 6.84. The molecule has 4 nitrogen and oxygen atoms in total. The molecule has 1 saturated carbocycles. The van der Waals surface area contributed by atoms with Gasteiger partial charge >= 0.3 is 0 Å². The lowest BCUT2D eigenvalue weighted by Gasteiger charge is -2.27. The number of aromatic nitrogens is 2. The average molecular weight is 191 g/mol. The van der Waals surface area contributed by atoms with Crippen molar-refractivity contribution in [1.82, 2.24) is 14.5 Å². The molecule has 0 aromatic carbocycles.